The number of hydrogen-bond donors (Lipinski definition) is 4. The average Bonchev–Trinajstić information content (AvgIpc) is 3.70. The van der Waals surface area contributed by atoms with Gasteiger partial charge in [0.1, 0.15) is 11.8 Å². The number of benzene rings is 3. The van der Waals surface area contributed by atoms with E-state index in [1.807, 2.05) is 63.4 Å². The molecule has 4 aromatic rings. The summed E-state index contributed by atoms with van der Waals surface area (Å²) in [6.07, 6.45) is 5.77. The van der Waals surface area contributed by atoms with E-state index in [1.54, 1.807) is 18.2 Å². The first-order chi connectivity index (χ1) is 28.5. The van der Waals surface area contributed by atoms with Gasteiger partial charge in [0.25, 0.3) is 11.8 Å². The number of fused-ring (bicyclic) bond motifs is 1. The Kier molecular flexibility index (Phi) is 12.8. The number of unbranched alkanes of at least 4 members (excludes halogenated alkanes) is 2. The highest BCUT2D eigenvalue weighted by molar-refractivity contribution is 7.16. The predicted molar refractivity (Wildman–Crippen MR) is 226 cm³/mol. The van der Waals surface area contributed by atoms with Crippen molar-refractivity contribution in [3.05, 3.63) is 87.8 Å². The largest absolute Gasteiger partial charge is 0.494 e. The number of aryl methyl sites for hydroxylation is 2. The van der Waals surface area contributed by atoms with Gasteiger partial charge in [-0.25, -0.2) is 4.98 Å². The smallest absolute Gasteiger partial charge is 0.264 e. The summed E-state index contributed by atoms with van der Waals surface area (Å²) in [4.78, 5) is 85.3. The van der Waals surface area contributed by atoms with E-state index in [4.69, 9.17) is 9.72 Å². The fourth-order valence-corrected chi connectivity index (χ4v) is 8.72. The lowest BCUT2D eigenvalue weighted by molar-refractivity contribution is -0.136. The van der Waals surface area contributed by atoms with Crippen LogP contribution in [0.1, 0.15) is 88.1 Å². The van der Waals surface area contributed by atoms with Crippen molar-refractivity contribution >= 4 is 63.3 Å². The zero-order valence-electron chi connectivity index (χ0n) is 33.5. The third kappa shape index (κ3) is 9.52. The van der Waals surface area contributed by atoms with Crippen molar-refractivity contribution in [3.8, 4) is 17.0 Å². The van der Waals surface area contributed by atoms with Crippen molar-refractivity contribution < 1.29 is 33.5 Å². The molecule has 59 heavy (non-hydrogen) atoms. The maximum atomic E-state index is 13.3. The number of carbonyl (C=O) groups is 6. The maximum absolute atomic E-state index is 13.3. The van der Waals surface area contributed by atoms with Crippen LogP contribution in [0.2, 0.25) is 0 Å². The van der Waals surface area contributed by atoms with Gasteiger partial charge in [-0.2, -0.15) is 0 Å². The van der Waals surface area contributed by atoms with E-state index >= 15 is 0 Å². The van der Waals surface area contributed by atoms with Crippen molar-refractivity contribution in [2.45, 2.75) is 83.7 Å². The molecule has 3 aliphatic rings. The summed E-state index contributed by atoms with van der Waals surface area (Å²) in [7, 11) is 2.00. The predicted octanol–water partition coefficient (Wildman–Crippen LogP) is 6.09. The molecular weight excluding hydrogens is 771 g/mol. The summed E-state index contributed by atoms with van der Waals surface area (Å²) in [6.45, 7) is 5.92. The van der Waals surface area contributed by atoms with Crippen molar-refractivity contribution in [1.29, 1.82) is 0 Å². The van der Waals surface area contributed by atoms with Gasteiger partial charge in [-0.1, -0.05) is 30.7 Å². The summed E-state index contributed by atoms with van der Waals surface area (Å²) >= 11 is 1.42. The minimum Gasteiger partial charge on any atom is -0.494 e. The number of imide groups is 2. The highest BCUT2D eigenvalue weighted by Gasteiger charge is 2.45. The number of likely N-dealkylation sites (N-methyl/N-ethyl adjacent to an activating group) is 1. The zero-order valence-corrected chi connectivity index (χ0v) is 34.3. The summed E-state index contributed by atoms with van der Waals surface area (Å²) in [5.74, 6) is -1.61. The van der Waals surface area contributed by atoms with Crippen LogP contribution in [-0.4, -0.2) is 89.1 Å². The van der Waals surface area contributed by atoms with Crippen LogP contribution in [-0.2, 0) is 25.6 Å². The standard InChI is InChI=1S/C44H49N7O7S/c1-26-23-29(16-17-32(26)46-40(54)34-15-5-7-21-50(34)3)39-27(2)59-44(49-39)48-37(53)25-28-11-9-12-30(24-28)58-22-8-4-6-20-45-33-14-10-13-31-38(33)43(57)51(42(31)56)35-18-19-36(52)47-41(35)55/h9-14,16-17,23-24,34-35,45H,4-8,15,18-22,25H2,1-3H3,(H,46,54)(H,47,52,55)(H,48,49,53). The van der Waals surface area contributed by atoms with Crippen LogP contribution < -0.4 is 26.0 Å². The van der Waals surface area contributed by atoms with Gasteiger partial charge in [0.15, 0.2) is 5.13 Å². The van der Waals surface area contributed by atoms with Crippen molar-refractivity contribution in [2.75, 3.05) is 42.7 Å². The minimum absolute atomic E-state index is 0.0224. The molecule has 4 N–H and O–H groups in total. The Morgan fingerprint density at radius 3 is 2.54 bits per heavy atom. The number of anilines is 3. The topological polar surface area (TPSA) is 179 Å². The second-order valence-corrected chi connectivity index (χ2v) is 16.5. The maximum Gasteiger partial charge on any atom is 0.264 e. The van der Waals surface area contributed by atoms with E-state index < -0.39 is 29.7 Å². The van der Waals surface area contributed by atoms with Crippen LogP contribution in [0.5, 0.6) is 5.75 Å². The second-order valence-electron chi connectivity index (χ2n) is 15.3. The molecular formula is C44H49N7O7S. The Balaban J connectivity index is 0.841. The Morgan fingerprint density at radius 2 is 1.75 bits per heavy atom. The molecule has 2 atom stereocenters. The molecule has 7 rings (SSSR count). The lowest BCUT2D eigenvalue weighted by Crippen LogP contribution is -2.54. The first-order valence-corrected chi connectivity index (χ1v) is 21.0. The minimum atomic E-state index is -1.01. The fourth-order valence-electron chi connectivity index (χ4n) is 7.86. The molecule has 2 saturated heterocycles. The molecule has 3 aromatic carbocycles. The molecule has 3 aliphatic heterocycles. The highest BCUT2D eigenvalue weighted by Crippen LogP contribution is 2.34. The fraction of sp³-hybridized carbons (Fsp3) is 0.386. The summed E-state index contributed by atoms with van der Waals surface area (Å²) < 4.78 is 6.00. The number of piperidine rings is 2. The number of nitrogens with zero attached hydrogens (tertiary/aromatic N) is 3. The number of hydrogen-bond acceptors (Lipinski definition) is 11. The molecule has 15 heteroatoms. The van der Waals surface area contributed by atoms with Gasteiger partial charge in [0.2, 0.25) is 23.6 Å². The van der Waals surface area contributed by atoms with E-state index in [9.17, 15) is 28.8 Å². The number of carbonyl (C=O) groups excluding carboxylic acids is 6. The van der Waals surface area contributed by atoms with E-state index in [0.717, 1.165) is 82.9 Å². The van der Waals surface area contributed by atoms with Gasteiger partial charge in [-0.3, -0.25) is 43.9 Å². The number of amides is 6. The third-order valence-electron chi connectivity index (χ3n) is 11.0. The lowest BCUT2D eigenvalue weighted by Gasteiger charge is -2.31. The van der Waals surface area contributed by atoms with Crippen LogP contribution in [0.15, 0.2) is 60.7 Å². The van der Waals surface area contributed by atoms with Gasteiger partial charge in [-0.15, -0.1) is 11.3 Å². The van der Waals surface area contributed by atoms with Crippen LogP contribution in [0, 0.1) is 13.8 Å². The van der Waals surface area contributed by atoms with Crippen molar-refractivity contribution in [3.63, 3.8) is 0 Å². The number of aromatic nitrogens is 1. The van der Waals surface area contributed by atoms with Crippen LogP contribution in [0.3, 0.4) is 0 Å². The van der Waals surface area contributed by atoms with E-state index in [-0.39, 0.29) is 48.2 Å². The first-order valence-electron chi connectivity index (χ1n) is 20.2. The number of nitrogens with one attached hydrogen (secondary N) is 4. The number of likely N-dealkylation sites (tertiary alicyclic amines) is 1. The molecule has 0 bridgehead atoms. The molecule has 308 valence electrons. The second kappa shape index (κ2) is 18.3. The van der Waals surface area contributed by atoms with Gasteiger partial charge >= 0.3 is 0 Å². The molecule has 0 spiro atoms. The Bertz CT molecular complexity index is 2290. The SMILES string of the molecule is Cc1cc(-c2nc(NC(=O)Cc3cccc(OCCCCCNc4cccc5c4C(=O)N(C4CCC(=O)NC4=O)C5=O)c3)sc2C)ccc1NC(=O)C1CCCCN1C. The Hall–Kier alpha value is -5.93. The highest BCUT2D eigenvalue weighted by atomic mass is 32.1. The Morgan fingerprint density at radius 1 is 0.915 bits per heavy atom. The van der Waals surface area contributed by atoms with Crippen LogP contribution in [0.25, 0.3) is 11.3 Å². The van der Waals surface area contributed by atoms with Crippen LogP contribution in [0.4, 0.5) is 16.5 Å². The molecule has 2 fully saturated rings. The van der Waals surface area contributed by atoms with Crippen LogP contribution >= 0.6 is 11.3 Å². The molecule has 14 nitrogen and oxygen atoms in total. The molecule has 0 radical (unpaired) electrons. The molecule has 4 heterocycles. The summed E-state index contributed by atoms with van der Waals surface area (Å²) in [5.41, 5.74) is 5.26. The van der Waals surface area contributed by atoms with E-state index in [0.29, 0.717) is 29.7 Å². The quantitative estimate of drug-likeness (QED) is 0.0810. The summed E-state index contributed by atoms with van der Waals surface area (Å²) in [5, 5.41) is 12.1. The third-order valence-corrected chi connectivity index (χ3v) is 11.9. The first kappa shape index (κ1) is 41.2. The van der Waals surface area contributed by atoms with Gasteiger partial charge in [-0.05, 0) is 113 Å². The zero-order chi connectivity index (χ0) is 41.6. The normalized spacial score (nSPS) is 18.1. The molecule has 6 amide bonds. The summed E-state index contributed by atoms with van der Waals surface area (Å²) in [6, 6.07) is 17.2. The van der Waals surface area contributed by atoms with Gasteiger partial charge in [0, 0.05) is 34.8 Å². The van der Waals surface area contributed by atoms with Gasteiger partial charge < -0.3 is 20.7 Å². The lowest BCUT2D eigenvalue weighted by atomic mass is 10.0. The number of ether oxygens (including phenoxy) is 1. The van der Waals surface area contributed by atoms with Crippen molar-refractivity contribution in [2.24, 2.45) is 0 Å². The van der Waals surface area contributed by atoms with Crippen molar-refractivity contribution in [1.82, 2.24) is 20.1 Å². The Labute approximate surface area is 347 Å². The van der Waals surface area contributed by atoms with E-state index in [2.05, 4.69) is 26.2 Å². The molecule has 2 unspecified atom stereocenters. The number of rotatable bonds is 15. The van der Waals surface area contributed by atoms with Gasteiger partial charge in [0.05, 0.1) is 35.9 Å². The monoisotopic (exact) mass is 819 g/mol. The molecule has 0 saturated carbocycles. The number of thiazole rings is 1. The molecule has 1 aromatic heterocycles. The molecule has 0 aliphatic carbocycles. The van der Waals surface area contributed by atoms with E-state index in [1.165, 1.54) is 11.3 Å². The average molecular weight is 820 g/mol.